The molecule has 0 aromatic heterocycles. The fourth-order valence-corrected chi connectivity index (χ4v) is 1.68. The van der Waals surface area contributed by atoms with Crippen LogP contribution in [-0.4, -0.2) is 17.7 Å². The first-order valence-electron chi connectivity index (χ1n) is 5.33. The van der Waals surface area contributed by atoms with Crippen molar-refractivity contribution in [2.45, 2.75) is 51.7 Å². The van der Waals surface area contributed by atoms with Crippen LogP contribution in [0.15, 0.2) is 11.7 Å². The third kappa shape index (κ3) is 3.79. The molecule has 0 unspecified atom stereocenters. The molecule has 0 aromatic rings. The highest BCUT2D eigenvalue weighted by molar-refractivity contribution is 5.68. The van der Waals surface area contributed by atoms with E-state index in [0.29, 0.717) is 19.3 Å². The van der Waals surface area contributed by atoms with Crippen molar-refractivity contribution >= 4 is 6.09 Å². The van der Waals surface area contributed by atoms with Crippen molar-refractivity contribution in [3.8, 4) is 0 Å². The number of hydrogen-bond acceptors (Lipinski definition) is 2. The Bertz CT molecular complexity index is 304. The number of halogens is 2. The van der Waals surface area contributed by atoms with Gasteiger partial charge < -0.3 is 10.1 Å². The number of alkyl carbamates (subject to hydrolysis) is 1. The summed E-state index contributed by atoms with van der Waals surface area (Å²) in [4.78, 5) is 11.4. The minimum Gasteiger partial charge on any atom is -0.444 e. The maximum Gasteiger partial charge on any atom is 0.408 e. The van der Waals surface area contributed by atoms with Crippen molar-refractivity contribution in [2.24, 2.45) is 0 Å². The van der Waals surface area contributed by atoms with Gasteiger partial charge in [0.15, 0.2) is 0 Å². The van der Waals surface area contributed by atoms with Gasteiger partial charge in [-0.1, -0.05) is 0 Å². The van der Waals surface area contributed by atoms with Crippen LogP contribution < -0.4 is 5.32 Å². The first-order valence-corrected chi connectivity index (χ1v) is 5.33. The van der Waals surface area contributed by atoms with E-state index in [2.05, 4.69) is 5.32 Å². The summed E-state index contributed by atoms with van der Waals surface area (Å²) in [5.74, 6) is 0. The topological polar surface area (TPSA) is 38.3 Å². The molecule has 1 aliphatic carbocycles. The molecule has 0 spiro atoms. The van der Waals surface area contributed by atoms with Crippen LogP contribution in [0.4, 0.5) is 13.6 Å². The zero-order chi connectivity index (χ0) is 12.3. The minimum atomic E-state index is -1.68. The summed E-state index contributed by atoms with van der Waals surface area (Å²) in [5.41, 5.74) is -0.577. The quantitative estimate of drug-likeness (QED) is 0.755. The Balaban J connectivity index is 2.55. The highest BCUT2D eigenvalue weighted by Gasteiger charge is 2.28. The maximum absolute atomic E-state index is 12.5. The predicted molar refractivity (Wildman–Crippen MR) is 56.3 cm³/mol. The van der Waals surface area contributed by atoms with Gasteiger partial charge in [-0.2, -0.15) is 8.78 Å². The number of amides is 1. The van der Waals surface area contributed by atoms with E-state index in [1.807, 2.05) is 0 Å². The summed E-state index contributed by atoms with van der Waals surface area (Å²) in [6.07, 6.45) is -0.751. The number of carbonyl (C=O) groups is 1. The maximum atomic E-state index is 12.5. The number of ether oxygens (including phenoxy) is 1. The zero-order valence-corrected chi connectivity index (χ0v) is 9.77. The van der Waals surface area contributed by atoms with Crippen molar-refractivity contribution < 1.29 is 18.3 Å². The fourth-order valence-electron chi connectivity index (χ4n) is 1.68. The lowest BCUT2D eigenvalue weighted by Gasteiger charge is -2.22. The molecule has 1 saturated carbocycles. The molecule has 0 aromatic carbocycles. The second kappa shape index (κ2) is 4.80. The van der Waals surface area contributed by atoms with Gasteiger partial charge in [-0.05, 0) is 40.0 Å². The minimum absolute atomic E-state index is 0.0332. The van der Waals surface area contributed by atoms with E-state index in [9.17, 15) is 13.6 Å². The third-order valence-electron chi connectivity index (χ3n) is 2.29. The molecule has 1 N–H and O–H groups in total. The molecule has 92 valence electrons. The van der Waals surface area contributed by atoms with E-state index < -0.39 is 23.8 Å². The van der Waals surface area contributed by atoms with E-state index in [1.54, 1.807) is 20.8 Å². The van der Waals surface area contributed by atoms with Crippen LogP contribution >= 0.6 is 0 Å². The molecule has 0 aliphatic heterocycles. The predicted octanol–water partition coefficient (Wildman–Crippen LogP) is 3.21. The summed E-state index contributed by atoms with van der Waals surface area (Å²) in [6, 6.07) is -0.570. The van der Waals surface area contributed by atoms with E-state index in [-0.39, 0.29) is 5.57 Å². The third-order valence-corrected chi connectivity index (χ3v) is 2.29. The fraction of sp³-hybridized carbons (Fsp3) is 0.727. The van der Waals surface area contributed by atoms with Crippen LogP contribution in [0.25, 0.3) is 0 Å². The van der Waals surface area contributed by atoms with E-state index in [1.165, 1.54) is 0 Å². The van der Waals surface area contributed by atoms with E-state index >= 15 is 0 Å². The molecule has 1 amide bonds. The van der Waals surface area contributed by atoms with Gasteiger partial charge >= 0.3 is 6.09 Å². The lowest BCUT2D eigenvalue weighted by molar-refractivity contribution is 0.0512. The second-order valence-corrected chi connectivity index (χ2v) is 4.88. The smallest absolute Gasteiger partial charge is 0.408 e. The molecule has 1 atom stereocenters. The van der Waals surface area contributed by atoms with Crippen LogP contribution in [0.3, 0.4) is 0 Å². The van der Waals surface area contributed by atoms with Gasteiger partial charge in [0.2, 0.25) is 0 Å². The second-order valence-electron chi connectivity index (χ2n) is 4.88. The summed E-state index contributed by atoms with van der Waals surface area (Å²) in [6.45, 7) is 5.19. The molecular formula is C11H17F2NO2. The molecule has 0 heterocycles. The Morgan fingerprint density at radius 1 is 1.44 bits per heavy atom. The van der Waals surface area contributed by atoms with Crippen molar-refractivity contribution in [1.82, 2.24) is 5.32 Å². The molecule has 0 radical (unpaired) electrons. The Hall–Kier alpha value is -1.13. The number of nitrogens with one attached hydrogen (secondary N) is 1. The molecule has 3 nitrogen and oxygen atoms in total. The molecule has 5 heteroatoms. The van der Waals surface area contributed by atoms with Crippen LogP contribution in [0.1, 0.15) is 40.0 Å². The zero-order valence-electron chi connectivity index (χ0n) is 9.77. The SMILES string of the molecule is CC(C)(C)OC(=O)N[C@H]1CCCC1=C(F)F. The molecule has 16 heavy (non-hydrogen) atoms. The van der Waals surface area contributed by atoms with Crippen molar-refractivity contribution in [1.29, 1.82) is 0 Å². The molecular weight excluding hydrogens is 216 g/mol. The highest BCUT2D eigenvalue weighted by atomic mass is 19.3. The van der Waals surface area contributed by atoms with E-state index in [4.69, 9.17) is 4.74 Å². The van der Waals surface area contributed by atoms with Crippen LogP contribution in [0.5, 0.6) is 0 Å². The van der Waals surface area contributed by atoms with Crippen molar-refractivity contribution in [3.05, 3.63) is 11.7 Å². The Morgan fingerprint density at radius 3 is 2.56 bits per heavy atom. The summed E-state index contributed by atoms with van der Waals surface area (Å²) < 4.78 is 29.9. The number of rotatable bonds is 1. The normalized spacial score (nSPS) is 20.8. The van der Waals surface area contributed by atoms with Crippen molar-refractivity contribution in [2.75, 3.05) is 0 Å². The lowest BCUT2D eigenvalue weighted by Crippen LogP contribution is -2.38. The molecule has 1 rings (SSSR count). The standard InChI is InChI=1S/C11H17F2NO2/c1-11(2,3)16-10(15)14-8-6-4-5-7(8)9(12)13/h8H,4-6H2,1-3H3,(H,14,15)/t8-/m0/s1. The first-order chi connectivity index (χ1) is 7.29. The van der Waals surface area contributed by atoms with Crippen molar-refractivity contribution in [3.63, 3.8) is 0 Å². The highest BCUT2D eigenvalue weighted by Crippen LogP contribution is 2.29. The van der Waals surface area contributed by atoms with Gasteiger partial charge in [0.1, 0.15) is 5.60 Å². The Kier molecular flexibility index (Phi) is 3.88. The first kappa shape index (κ1) is 12.9. The van der Waals surface area contributed by atoms with Gasteiger partial charge in [0.25, 0.3) is 6.08 Å². The van der Waals surface area contributed by atoms with Gasteiger partial charge in [0, 0.05) is 5.57 Å². The van der Waals surface area contributed by atoms with Gasteiger partial charge in [0.05, 0.1) is 6.04 Å². The Morgan fingerprint density at radius 2 is 2.06 bits per heavy atom. The molecule has 0 saturated heterocycles. The summed E-state index contributed by atoms with van der Waals surface area (Å²) in [5, 5.41) is 2.47. The van der Waals surface area contributed by atoms with Gasteiger partial charge in [-0.3, -0.25) is 0 Å². The monoisotopic (exact) mass is 233 g/mol. The average Bonchev–Trinajstić information content (AvgIpc) is 2.47. The lowest BCUT2D eigenvalue weighted by atomic mass is 10.2. The molecule has 0 bridgehead atoms. The van der Waals surface area contributed by atoms with Crippen LogP contribution in [0.2, 0.25) is 0 Å². The summed E-state index contributed by atoms with van der Waals surface area (Å²) in [7, 11) is 0. The summed E-state index contributed by atoms with van der Waals surface area (Å²) >= 11 is 0. The van der Waals surface area contributed by atoms with Gasteiger partial charge in [-0.25, -0.2) is 4.79 Å². The average molecular weight is 233 g/mol. The number of hydrogen-bond donors (Lipinski definition) is 1. The largest absolute Gasteiger partial charge is 0.444 e. The van der Waals surface area contributed by atoms with Crippen LogP contribution in [-0.2, 0) is 4.74 Å². The molecule has 1 aliphatic rings. The van der Waals surface area contributed by atoms with Gasteiger partial charge in [-0.15, -0.1) is 0 Å². The van der Waals surface area contributed by atoms with Crippen LogP contribution in [0, 0.1) is 0 Å². The number of carbonyl (C=O) groups excluding carboxylic acids is 1. The Labute approximate surface area is 93.8 Å². The van der Waals surface area contributed by atoms with E-state index in [0.717, 1.165) is 0 Å². The molecule has 1 fully saturated rings.